The predicted octanol–water partition coefficient (Wildman–Crippen LogP) is -9.57. The monoisotopic (exact) mass is 980 g/mol. The smallest absolute Gasteiger partial charge is 0.397 e. The van der Waals surface area contributed by atoms with Crippen molar-refractivity contribution in [2.24, 2.45) is 0 Å². The Balaban J connectivity index is 1.83. The lowest BCUT2D eigenvalue weighted by Crippen LogP contribution is -2.71. The minimum Gasteiger partial charge on any atom is -0.477 e. The molecule has 372 valence electrons. The summed E-state index contributed by atoms with van der Waals surface area (Å²) in [6, 6.07) is -3.63. The van der Waals surface area contributed by atoms with Crippen LogP contribution in [0.25, 0.3) is 0 Å². The van der Waals surface area contributed by atoms with Gasteiger partial charge >= 0.3 is 26.8 Å². The molecule has 0 aliphatic carbocycles. The van der Waals surface area contributed by atoms with Crippen LogP contribution in [0, 0.1) is 0 Å². The Hall–Kier alpha value is -2.53. The van der Waals surface area contributed by atoms with Gasteiger partial charge in [-0.25, -0.2) is 13.2 Å². The van der Waals surface area contributed by atoms with Gasteiger partial charge in [-0.05, 0) is 6.92 Å². The van der Waals surface area contributed by atoms with Crippen LogP contribution in [-0.4, -0.2) is 248 Å². The van der Waals surface area contributed by atoms with Crippen LogP contribution in [0.2, 0.25) is 0 Å². The second-order valence-corrected chi connectivity index (χ2v) is 17.3. The van der Waals surface area contributed by atoms with Crippen molar-refractivity contribution in [1.82, 2.24) is 10.6 Å². The molecule has 0 bridgehead atoms. The lowest BCUT2D eigenvalue weighted by molar-refractivity contribution is -0.389. The first-order chi connectivity index (χ1) is 29.5. The fraction of sp³-hybridized carbons (Fsp3) is 0.903. The maximum absolute atomic E-state index is 13.0. The van der Waals surface area contributed by atoms with E-state index in [1.54, 1.807) is 0 Å². The predicted molar refractivity (Wildman–Crippen MR) is 194 cm³/mol. The van der Waals surface area contributed by atoms with E-state index in [0.717, 1.165) is 13.8 Å². The van der Waals surface area contributed by atoms with Gasteiger partial charge in [-0.2, -0.15) is 16.8 Å². The van der Waals surface area contributed by atoms with E-state index in [4.69, 9.17) is 33.2 Å². The molecular weight excluding hydrogens is 928 g/mol. The van der Waals surface area contributed by atoms with E-state index in [0.29, 0.717) is 0 Å². The molecule has 4 heterocycles. The maximum Gasteiger partial charge on any atom is 0.397 e. The SMILES string of the molecule is CC(=O)N[C@H]1[C@H]([C@H](O)[C@H](O)CO)O[C@@](O[C@H]2[C@@H](O)[C@@H](COS(=O)(=O)O)O[C@@H](O[C@H]3[C@H](O[C@@H]4O[C@@H](C)[C@@H](O)[C@@H](O)[C@H]4O)[C@@H](NC(C)=O)C(O)O[C@@H]3COS(=O)(=O)O)[C@@H]2O)(C(=O)O)C[C@@H]1O. The minimum atomic E-state index is -5.40. The molecule has 1 unspecified atom stereocenters. The lowest BCUT2D eigenvalue weighted by atomic mass is 9.88. The van der Waals surface area contributed by atoms with Gasteiger partial charge in [0.25, 0.3) is 5.79 Å². The standard InChI is InChI=1S/C31H52N2O29S2/c1-8-17(39)20(42)21(43)28(56-8)60-25-16(33-10(3)36)27(45)57-14(7-55-64(51,52)53)23(25)59-29-22(44)26(19(41)13(58-29)6-54-63(48,49)50)62-31(30(46)47)4-11(37)15(32-9(2)35)24(61-31)18(40)12(38)5-34/h8,11-29,34,37-45H,4-7H2,1-3H3,(H,32,35)(H,33,36)(H,46,47)(H,48,49,50)(H,51,52,53)/t8-,11-,12+,13+,14+,15+,16+,17+,18+,19-,20+,21+,22+,23+,24+,25+,26-,27?,28-,29-,31-/m0/s1. The Morgan fingerprint density at radius 1 is 0.719 bits per heavy atom. The molecule has 0 aromatic heterocycles. The highest BCUT2D eigenvalue weighted by Gasteiger charge is 2.61. The number of hydrogen-bond donors (Lipinski definition) is 15. The molecule has 4 rings (SSSR count). The van der Waals surface area contributed by atoms with E-state index in [9.17, 15) is 96.5 Å². The average molecular weight is 981 g/mol. The van der Waals surface area contributed by atoms with E-state index < -0.39 is 193 Å². The highest BCUT2D eigenvalue weighted by molar-refractivity contribution is 7.81. The number of amides is 2. The first kappa shape index (κ1) is 54.1. The topological polar surface area (TPSA) is 490 Å². The van der Waals surface area contributed by atoms with Gasteiger partial charge in [-0.15, -0.1) is 0 Å². The van der Waals surface area contributed by atoms with Crippen LogP contribution in [0.5, 0.6) is 0 Å². The molecule has 4 saturated heterocycles. The molecule has 33 heteroatoms. The third-order valence-corrected chi connectivity index (χ3v) is 11.2. The number of carbonyl (C=O) groups excluding carboxylic acids is 2. The van der Waals surface area contributed by atoms with Crippen molar-refractivity contribution in [1.29, 1.82) is 0 Å². The average Bonchev–Trinajstić information content (AvgIpc) is 3.18. The van der Waals surface area contributed by atoms with Gasteiger partial charge < -0.3 is 100.0 Å². The van der Waals surface area contributed by atoms with Crippen molar-refractivity contribution in [2.45, 2.75) is 155 Å². The Morgan fingerprint density at radius 3 is 1.78 bits per heavy atom. The quantitative estimate of drug-likeness (QED) is 0.0567. The van der Waals surface area contributed by atoms with Crippen LogP contribution in [0.3, 0.4) is 0 Å². The largest absolute Gasteiger partial charge is 0.477 e. The van der Waals surface area contributed by atoms with Crippen LogP contribution in [0.1, 0.15) is 27.2 Å². The third kappa shape index (κ3) is 13.1. The summed E-state index contributed by atoms with van der Waals surface area (Å²) in [5.41, 5.74) is 0. The molecule has 0 radical (unpaired) electrons. The summed E-state index contributed by atoms with van der Waals surface area (Å²) in [5.74, 6) is -7.34. The summed E-state index contributed by atoms with van der Waals surface area (Å²) >= 11 is 0. The number of carbonyl (C=O) groups is 3. The Labute approximate surface area is 362 Å². The summed E-state index contributed by atoms with van der Waals surface area (Å²) in [6.45, 7) is -0.855. The van der Waals surface area contributed by atoms with Crippen molar-refractivity contribution in [3.05, 3.63) is 0 Å². The van der Waals surface area contributed by atoms with Gasteiger partial charge in [-0.3, -0.25) is 18.7 Å². The van der Waals surface area contributed by atoms with Gasteiger partial charge in [0.15, 0.2) is 18.9 Å². The fourth-order valence-corrected chi connectivity index (χ4v) is 7.88. The van der Waals surface area contributed by atoms with Gasteiger partial charge in [0.2, 0.25) is 11.8 Å². The number of aliphatic hydroxyl groups excluding tert-OH is 10. The van der Waals surface area contributed by atoms with Crippen LogP contribution in [0.4, 0.5) is 0 Å². The Kier molecular flexibility index (Phi) is 18.3. The van der Waals surface area contributed by atoms with E-state index in [1.807, 2.05) is 0 Å². The Morgan fingerprint density at radius 2 is 1.25 bits per heavy atom. The number of carboxylic acids is 1. The zero-order valence-corrected chi connectivity index (χ0v) is 35.2. The van der Waals surface area contributed by atoms with Crippen LogP contribution in [0.15, 0.2) is 0 Å². The number of aliphatic hydroxyl groups is 10. The molecule has 15 N–H and O–H groups in total. The van der Waals surface area contributed by atoms with E-state index in [1.165, 1.54) is 6.92 Å². The molecule has 0 saturated carbocycles. The molecule has 0 aromatic carbocycles. The molecule has 2 amide bonds. The maximum atomic E-state index is 13.0. The zero-order valence-electron chi connectivity index (χ0n) is 33.5. The molecule has 0 spiro atoms. The third-order valence-electron chi connectivity index (χ3n) is 10.3. The van der Waals surface area contributed by atoms with E-state index in [2.05, 4.69) is 19.0 Å². The van der Waals surface area contributed by atoms with Crippen molar-refractivity contribution in [3.63, 3.8) is 0 Å². The summed E-state index contributed by atoms with van der Waals surface area (Å²) in [6.07, 6.45) is -40.1. The molecule has 4 aliphatic heterocycles. The summed E-state index contributed by atoms with van der Waals surface area (Å²) in [4.78, 5) is 37.4. The normalized spacial score (nSPS) is 42.0. The summed E-state index contributed by atoms with van der Waals surface area (Å²) < 4.78 is 113. The molecule has 31 nitrogen and oxygen atoms in total. The van der Waals surface area contributed by atoms with Gasteiger partial charge in [0, 0.05) is 20.3 Å². The second-order valence-electron chi connectivity index (χ2n) is 15.1. The highest BCUT2D eigenvalue weighted by Crippen LogP contribution is 2.39. The number of nitrogens with one attached hydrogen (secondary N) is 2. The van der Waals surface area contributed by atoms with Gasteiger partial charge in [0.05, 0.1) is 38.1 Å². The molecule has 4 aliphatic rings. The molecular formula is C31H52N2O29S2. The van der Waals surface area contributed by atoms with Crippen molar-refractivity contribution in [3.8, 4) is 0 Å². The number of carboxylic acid groups (broad SMARTS) is 1. The first-order valence-corrected chi connectivity index (χ1v) is 21.6. The lowest BCUT2D eigenvalue weighted by Gasteiger charge is -2.51. The molecule has 21 atom stereocenters. The minimum absolute atomic E-state index is 0.876. The van der Waals surface area contributed by atoms with Crippen LogP contribution < -0.4 is 10.6 Å². The molecule has 0 aromatic rings. The molecule has 4 fully saturated rings. The number of aliphatic carboxylic acids is 1. The van der Waals surface area contributed by atoms with Crippen molar-refractivity contribution < 1.29 is 138 Å². The Bertz CT molecular complexity index is 1830. The van der Waals surface area contributed by atoms with Crippen molar-refractivity contribution >= 4 is 38.6 Å². The van der Waals surface area contributed by atoms with Gasteiger partial charge in [0.1, 0.15) is 85.4 Å². The second kappa shape index (κ2) is 21.6. The molecule has 64 heavy (non-hydrogen) atoms. The first-order valence-electron chi connectivity index (χ1n) is 18.9. The van der Waals surface area contributed by atoms with E-state index in [-0.39, 0.29) is 0 Å². The van der Waals surface area contributed by atoms with E-state index >= 15 is 0 Å². The fourth-order valence-electron chi connectivity index (χ4n) is 7.27. The highest BCUT2D eigenvalue weighted by atomic mass is 32.3. The number of rotatable bonds is 18. The number of ether oxygens (including phenoxy) is 7. The van der Waals surface area contributed by atoms with Crippen molar-refractivity contribution in [2.75, 3.05) is 19.8 Å². The zero-order chi connectivity index (χ0) is 48.4. The van der Waals surface area contributed by atoms with Crippen LogP contribution >= 0.6 is 0 Å². The number of hydrogen-bond acceptors (Lipinski definition) is 26. The van der Waals surface area contributed by atoms with Crippen LogP contribution in [-0.2, 0) is 76.7 Å². The summed E-state index contributed by atoms with van der Waals surface area (Å²) in [5, 5.41) is 122. The summed E-state index contributed by atoms with van der Waals surface area (Å²) in [7, 11) is -10.8. The van der Waals surface area contributed by atoms with Gasteiger partial charge in [-0.1, -0.05) is 0 Å².